The summed E-state index contributed by atoms with van der Waals surface area (Å²) in [4.78, 5) is 28.6. The molecule has 2 aromatic carbocycles. The van der Waals surface area contributed by atoms with Gasteiger partial charge in [-0.05, 0) is 63.4 Å². The SMILES string of the molecule is CC(C)CC(/C=N/C(=O)OC(C)(C)C)C(=O)N=S(N)(=O)c1cccc(Oc2ccccc2)c1. The fraction of sp³-hybridized carbons (Fsp3) is 0.375. The number of ether oxygens (including phenoxy) is 2. The summed E-state index contributed by atoms with van der Waals surface area (Å²) in [6.07, 6.45) is 0.717. The highest BCUT2D eigenvalue weighted by Crippen LogP contribution is 2.24. The normalized spacial score (nSPS) is 14.5. The van der Waals surface area contributed by atoms with Crippen molar-refractivity contribution >= 4 is 28.1 Å². The van der Waals surface area contributed by atoms with E-state index < -0.39 is 33.4 Å². The first-order valence-electron chi connectivity index (χ1n) is 10.5. The smallest absolute Gasteiger partial charge is 0.433 e. The summed E-state index contributed by atoms with van der Waals surface area (Å²) in [5.41, 5.74) is -0.714. The molecule has 178 valence electrons. The molecule has 8 nitrogen and oxygen atoms in total. The Morgan fingerprint density at radius 2 is 1.70 bits per heavy atom. The number of carbonyl (C=O) groups excluding carboxylic acids is 2. The summed E-state index contributed by atoms with van der Waals surface area (Å²) < 4.78 is 27.8. The van der Waals surface area contributed by atoms with E-state index in [9.17, 15) is 13.8 Å². The van der Waals surface area contributed by atoms with E-state index in [0.29, 0.717) is 17.9 Å². The third-order valence-corrected chi connectivity index (χ3v) is 5.52. The van der Waals surface area contributed by atoms with Crippen molar-refractivity contribution in [1.82, 2.24) is 0 Å². The van der Waals surface area contributed by atoms with E-state index in [0.717, 1.165) is 0 Å². The molecule has 0 aliphatic rings. The fourth-order valence-electron chi connectivity index (χ4n) is 2.77. The predicted octanol–water partition coefficient (Wildman–Crippen LogP) is 5.37. The van der Waals surface area contributed by atoms with Crippen molar-refractivity contribution in [2.24, 2.45) is 26.3 Å². The topological polar surface area (TPSA) is 120 Å². The van der Waals surface area contributed by atoms with E-state index in [1.54, 1.807) is 45.0 Å². The Labute approximate surface area is 195 Å². The van der Waals surface area contributed by atoms with E-state index in [2.05, 4.69) is 9.36 Å². The molecule has 33 heavy (non-hydrogen) atoms. The van der Waals surface area contributed by atoms with Gasteiger partial charge < -0.3 is 9.47 Å². The van der Waals surface area contributed by atoms with Gasteiger partial charge in [0, 0.05) is 6.21 Å². The number of para-hydroxylation sites is 1. The largest absolute Gasteiger partial charge is 0.457 e. The second kappa shape index (κ2) is 11.2. The molecule has 0 fully saturated rings. The zero-order valence-electron chi connectivity index (χ0n) is 19.6. The number of nitrogens with two attached hydrogens (primary N) is 1. The first-order chi connectivity index (χ1) is 15.4. The van der Waals surface area contributed by atoms with Crippen molar-refractivity contribution in [2.75, 3.05) is 0 Å². The van der Waals surface area contributed by atoms with Gasteiger partial charge >= 0.3 is 6.09 Å². The summed E-state index contributed by atoms with van der Waals surface area (Å²) in [5.74, 6) is -0.495. The van der Waals surface area contributed by atoms with Gasteiger partial charge in [-0.2, -0.15) is 4.99 Å². The van der Waals surface area contributed by atoms with Crippen molar-refractivity contribution in [3.8, 4) is 11.5 Å². The lowest BCUT2D eigenvalue weighted by atomic mass is 9.98. The zero-order chi connectivity index (χ0) is 24.6. The van der Waals surface area contributed by atoms with Gasteiger partial charge in [-0.3, -0.25) is 4.79 Å². The Hall–Kier alpha value is -3.04. The van der Waals surface area contributed by atoms with Gasteiger partial charge in [-0.1, -0.05) is 38.1 Å². The lowest BCUT2D eigenvalue weighted by Gasteiger charge is -2.17. The molecule has 2 aromatic rings. The van der Waals surface area contributed by atoms with Crippen LogP contribution in [0.3, 0.4) is 0 Å². The molecular weight excluding hydrogens is 442 g/mol. The van der Waals surface area contributed by atoms with Gasteiger partial charge in [0.1, 0.15) is 27.0 Å². The van der Waals surface area contributed by atoms with Crippen LogP contribution in [-0.4, -0.2) is 28.0 Å². The van der Waals surface area contributed by atoms with Crippen LogP contribution in [0.2, 0.25) is 0 Å². The molecule has 0 radical (unpaired) electrons. The summed E-state index contributed by atoms with van der Waals surface area (Å²) in [6.45, 7) is 8.96. The monoisotopic (exact) mass is 473 g/mol. The van der Waals surface area contributed by atoms with Gasteiger partial charge in [-0.15, -0.1) is 4.36 Å². The third kappa shape index (κ3) is 9.15. The maximum absolute atomic E-state index is 13.1. The average molecular weight is 474 g/mol. The molecule has 0 aliphatic heterocycles. The summed E-state index contributed by atoms with van der Waals surface area (Å²) >= 11 is 0. The molecule has 0 spiro atoms. The van der Waals surface area contributed by atoms with Crippen molar-refractivity contribution in [3.63, 3.8) is 0 Å². The van der Waals surface area contributed by atoms with Gasteiger partial charge in [0.05, 0.1) is 10.8 Å². The molecule has 2 amide bonds. The molecular formula is C24H31N3O5S. The van der Waals surface area contributed by atoms with Crippen LogP contribution in [-0.2, 0) is 19.4 Å². The van der Waals surface area contributed by atoms with Crippen LogP contribution < -0.4 is 9.88 Å². The Morgan fingerprint density at radius 3 is 2.30 bits per heavy atom. The van der Waals surface area contributed by atoms with Crippen LogP contribution >= 0.6 is 0 Å². The molecule has 2 rings (SSSR count). The molecule has 0 heterocycles. The summed E-state index contributed by atoms with van der Waals surface area (Å²) in [5, 5.41) is 5.96. The predicted molar refractivity (Wildman–Crippen MR) is 129 cm³/mol. The van der Waals surface area contributed by atoms with Crippen molar-refractivity contribution in [3.05, 3.63) is 54.6 Å². The quantitative estimate of drug-likeness (QED) is 0.542. The first kappa shape index (κ1) is 26.2. The van der Waals surface area contributed by atoms with Gasteiger partial charge in [-0.25, -0.2) is 14.1 Å². The molecule has 2 unspecified atom stereocenters. The number of rotatable bonds is 7. The first-order valence-corrected chi connectivity index (χ1v) is 12.1. The Kier molecular flexibility index (Phi) is 8.90. The molecule has 0 aromatic heterocycles. The van der Waals surface area contributed by atoms with Crippen molar-refractivity contribution < 1.29 is 23.3 Å². The zero-order valence-corrected chi connectivity index (χ0v) is 20.4. The van der Waals surface area contributed by atoms with Crippen LogP contribution in [0.4, 0.5) is 4.79 Å². The van der Waals surface area contributed by atoms with E-state index >= 15 is 0 Å². The second-order valence-corrected chi connectivity index (χ2v) is 10.7. The molecule has 2 atom stereocenters. The number of nitrogens with zero attached hydrogens (tertiary/aromatic N) is 2. The number of hydrogen-bond donors (Lipinski definition) is 1. The van der Waals surface area contributed by atoms with Gasteiger partial charge in [0.2, 0.25) is 0 Å². The number of benzene rings is 2. The third-order valence-electron chi connectivity index (χ3n) is 4.14. The molecule has 2 N–H and O–H groups in total. The van der Waals surface area contributed by atoms with Crippen molar-refractivity contribution in [2.45, 2.75) is 51.5 Å². The van der Waals surface area contributed by atoms with Crippen LogP contribution in [0, 0.1) is 11.8 Å². The van der Waals surface area contributed by atoms with Crippen LogP contribution in [0.25, 0.3) is 0 Å². The van der Waals surface area contributed by atoms with E-state index in [-0.39, 0.29) is 10.8 Å². The Balaban J connectivity index is 2.27. The van der Waals surface area contributed by atoms with Gasteiger partial charge in [0.15, 0.2) is 0 Å². The highest BCUT2D eigenvalue weighted by atomic mass is 32.2. The molecule has 0 bridgehead atoms. The lowest BCUT2D eigenvalue weighted by molar-refractivity contribution is -0.119. The lowest BCUT2D eigenvalue weighted by Crippen LogP contribution is -2.24. The number of carbonyl (C=O) groups is 2. The minimum absolute atomic E-state index is 0.0932. The second-order valence-electron chi connectivity index (χ2n) is 8.88. The highest BCUT2D eigenvalue weighted by molar-refractivity contribution is 7.91. The van der Waals surface area contributed by atoms with Gasteiger partial charge in [0.25, 0.3) is 5.91 Å². The number of aliphatic imine (C=N–C) groups is 1. The Morgan fingerprint density at radius 1 is 1.06 bits per heavy atom. The van der Waals surface area contributed by atoms with E-state index in [4.69, 9.17) is 14.6 Å². The fourth-order valence-corrected chi connectivity index (χ4v) is 3.84. The van der Waals surface area contributed by atoms with E-state index in [1.807, 2.05) is 32.0 Å². The van der Waals surface area contributed by atoms with E-state index in [1.165, 1.54) is 18.3 Å². The maximum atomic E-state index is 13.1. The highest BCUT2D eigenvalue weighted by Gasteiger charge is 2.22. The Bertz CT molecular complexity index is 1110. The number of amides is 2. The molecule has 0 saturated carbocycles. The molecule has 9 heteroatoms. The molecule has 0 aliphatic carbocycles. The maximum Gasteiger partial charge on any atom is 0.433 e. The summed E-state index contributed by atoms with van der Waals surface area (Å²) in [7, 11) is -3.55. The minimum Gasteiger partial charge on any atom is -0.457 e. The number of hydrogen-bond acceptors (Lipinski definition) is 5. The van der Waals surface area contributed by atoms with Crippen LogP contribution in [0.15, 0.2) is 68.8 Å². The average Bonchev–Trinajstić information content (AvgIpc) is 2.70. The summed E-state index contributed by atoms with van der Waals surface area (Å²) in [6, 6.07) is 15.4. The standard InChI is InChI=1S/C24H31N3O5S/c1-17(2)14-18(16-26-23(29)32-24(3,4)5)22(28)27-33(25,30)21-13-9-12-20(15-21)31-19-10-7-6-8-11-19/h6-13,15-18H,14H2,1-5H3,(H2,25,27,28,30)/b26-16+. The van der Waals surface area contributed by atoms with Crippen molar-refractivity contribution in [1.29, 1.82) is 0 Å². The minimum atomic E-state index is -3.55. The molecule has 0 saturated heterocycles. The van der Waals surface area contributed by atoms with Crippen LogP contribution in [0.5, 0.6) is 11.5 Å². The van der Waals surface area contributed by atoms with Crippen LogP contribution in [0.1, 0.15) is 41.0 Å².